The molecule has 8 heteroatoms. The standard InChI is InChI=1S/C21H24ClN5OS/c1-4-27(5-2)18-11-9-17(10-12-18)23-19(28)14-29-21-25-24-20(26(21)3)15-7-6-8-16(22)13-15/h6-13H,4-5,14H2,1-3H3,(H,23,28). The molecule has 0 saturated heterocycles. The lowest BCUT2D eigenvalue weighted by Crippen LogP contribution is -2.21. The van der Waals surface area contributed by atoms with E-state index in [2.05, 4.69) is 34.3 Å². The number of amides is 1. The zero-order valence-electron chi connectivity index (χ0n) is 16.7. The van der Waals surface area contributed by atoms with Gasteiger partial charge in [-0.3, -0.25) is 4.79 Å². The van der Waals surface area contributed by atoms with Gasteiger partial charge in [0.25, 0.3) is 0 Å². The van der Waals surface area contributed by atoms with Crippen LogP contribution in [0, 0.1) is 0 Å². The number of nitrogens with one attached hydrogen (secondary N) is 1. The first-order chi connectivity index (χ1) is 14.0. The van der Waals surface area contributed by atoms with E-state index >= 15 is 0 Å². The number of rotatable bonds is 8. The number of hydrogen-bond donors (Lipinski definition) is 1. The molecule has 2 aromatic carbocycles. The normalized spacial score (nSPS) is 10.8. The van der Waals surface area contributed by atoms with Crippen molar-refractivity contribution in [3.05, 3.63) is 53.6 Å². The first-order valence-corrected chi connectivity index (χ1v) is 10.8. The van der Waals surface area contributed by atoms with Crippen LogP contribution in [0.1, 0.15) is 13.8 Å². The number of benzene rings is 2. The van der Waals surface area contributed by atoms with Gasteiger partial charge in [-0.25, -0.2) is 0 Å². The third kappa shape index (κ3) is 5.31. The first-order valence-electron chi connectivity index (χ1n) is 9.44. The van der Waals surface area contributed by atoms with Gasteiger partial charge in [-0.05, 0) is 50.2 Å². The molecule has 29 heavy (non-hydrogen) atoms. The molecule has 0 aliphatic carbocycles. The minimum Gasteiger partial charge on any atom is -0.372 e. The van der Waals surface area contributed by atoms with E-state index < -0.39 is 0 Å². The highest BCUT2D eigenvalue weighted by Crippen LogP contribution is 2.25. The van der Waals surface area contributed by atoms with Crippen molar-refractivity contribution in [2.45, 2.75) is 19.0 Å². The molecule has 0 unspecified atom stereocenters. The average molecular weight is 430 g/mol. The first kappa shape index (κ1) is 21.2. The Morgan fingerprint density at radius 3 is 2.52 bits per heavy atom. The average Bonchev–Trinajstić information content (AvgIpc) is 3.09. The lowest BCUT2D eigenvalue weighted by atomic mass is 10.2. The summed E-state index contributed by atoms with van der Waals surface area (Å²) in [4.78, 5) is 14.6. The van der Waals surface area contributed by atoms with E-state index in [-0.39, 0.29) is 11.7 Å². The quantitative estimate of drug-likeness (QED) is 0.525. The van der Waals surface area contributed by atoms with E-state index in [9.17, 15) is 4.79 Å². The minimum absolute atomic E-state index is 0.0853. The van der Waals surface area contributed by atoms with E-state index in [1.165, 1.54) is 11.8 Å². The highest BCUT2D eigenvalue weighted by molar-refractivity contribution is 7.99. The van der Waals surface area contributed by atoms with Crippen molar-refractivity contribution in [3.63, 3.8) is 0 Å². The van der Waals surface area contributed by atoms with E-state index in [1.54, 1.807) is 0 Å². The SMILES string of the molecule is CCN(CC)c1ccc(NC(=O)CSc2nnc(-c3cccc(Cl)c3)n2C)cc1. The maximum Gasteiger partial charge on any atom is 0.234 e. The van der Waals surface area contributed by atoms with Crippen LogP contribution in [-0.4, -0.2) is 39.5 Å². The number of aromatic nitrogens is 3. The summed E-state index contributed by atoms with van der Waals surface area (Å²) in [6, 6.07) is 15.4. The summed E-state index contributed by atoms with van der Waals surface area (Å²) in [6.45, 7) is 6.16. The Morgan fingerprint density at radius 1 is 1.14 bits per heavy atom. The van der Waals surface area contributed by atoms with Crippen LogP contribution in [0.25, 0.3) is 11.4 Å². The van der Waals surface area contributed by atoms with E-state index in [0.717, 1.165) is 30.0 Å². The van der Waals surface area contributed by atoms with Crippen molar-refractivity contribution in [2.75, 3.05) is 29.1 Å². The van der Waals surface area contributed by atoms with Gasteiger partial charge in [0.15, 0.2) is 11.0 Å². The lowest BCUT2D eigenvalue weighted by molar-refractivity contribution is -0.113. The summed E-state index contributed by atoms with van der Waals surface area (Å²) in [5.41, 5.74) is 2.82. The maximum absolute atomic E-state index is 12.3. The Kier molecular flexibility index (Phi) is 7.17. The van der Waals surface area contributed by atoms with Crippen LogP contribution in [-0.2, 0) is 11.8 Å². The molecular formula is C21H24ClN5OS. The molecule has 0 aliphatic heterocycles. The van der Waals surface area contributed by atoms with Gasteiger partial charge in [-0.15, -0.1) is 10.2 Å². The van der Waals surface area contributed by atoms with Crippen molar-refractivity contribution in [3.8, 4) is 11.4 Å². The molecule has 0 bridgehead atoms. The summed E-state index contributed by atoms with van der Waals surface area (Å²) in [5, 5.41) is 12.7. The smallest absolute Gasteiger partial charge is 0.234 e. The highest BCUT2D eigenvalue weighted by Gasteiger charge is 2.13. The Balaban J connectivity index is 1.59. The van der Waals surface area contributed by atoms with Gasteiger partial charge in [0.2, 0.25) is 5.91 Å². The summed E-state index contributed by atoms with van der Waals surface area (Å²) in [7, 11) is 1.88. The van der Waals surface area contributed by atoms with Crippen molar-refractivity contribution in [2.24, 2.45) is 7.05 Å². The molecule has 0 spiro atoms. The molecular weight excluding hydrogens is 406 g/mol. The number of halogens is 1. The van der Waals surface area contributed by atoms with Crippen molar-refractivity contribution in [1.82, 2.24) is 14.8 Å². The maximum atomic E-state index is 12.3. The molecule has 152 valence electrons. The number of carbonyl (C=O) groups excluding carboxylic acids is 1. The zero-order chi connectivity index (χ0) is 20.8. The molecule has 0 atom stereocenters. The van der Waals surface area contributed by atoms with Crippen LogP contribution >= 0.6 is 23.4 Å². The Bertz CT molecular complexity index is 969. The summed E-state index contributed by atoms with van der Waals surface area (Å²) in [5.74, 6) is 0.875. The fourth-order valence-corrected chi connectivity index (χ4v) is 3.89. The van der Waals surface area contributed by atoms with E-state index in [4.69, 9.17) is 11.6 Å². The van der Waals surface area contributed by atoms with Crippen LogP contribution in [0.2, 0.25) is 5.02 Å². The molecule has 1 aromatic heterocycles. The number of carbonyl (C=O) groups is 1. The topological polar surface area (TPSA) is 63.1 Å². The Hall–Kier alpha value is -2.51. The molecule has 0 saturated carbocycles. The van der Waals surface area contributed by atoms with Crippen LogP contribution < -0.4 is 10.2 Å². The molecule has 3 rings (SSSR count). The summed E-state index contributed by atoms with van der Waals surface area (Å²) in [6.07, 6.45) is 0. The molecule has 0 fully saturated rings. The predicted molar refractivity (Wildman–Crippen MR) is 121 cm³/mol. The third-order valence-electron chi connectivity index (χ3n) is 4.53. The summed E-state index contributed by atoms with van der Waals surface area (Å²) >= 11 is 7.40. The molecule has 3 aromatic rings. The summed E-state index contributed by atoms with van der Waals surface area (Å²) < 4.78 is 1.86. The second-order valence-corrected chi connectivity index (χ2v) is 7.81. The monoisotopic (exact) mass is 429 g/mol. The fraction of sp³-hybridized carbons (Fsp3) is 0.286. The Morgan fingerprint density at radius 2 is 1.86 bits per heavy atom. The molecule has 1 amide bonds. The highest BCUT2D eigenvalue weighted by atomic mass is 35.5. The van der Waals surface area contributed by atoms with Gasteiger partial charge in [-0.2, -0.15) is 0 Å². The molecule has 1 N–H and O–H groups in total. The van der Waals surface area contributed by atoms with Gasteiger partial charge >= 0.3 is 0 Å². The van der Waals surface area contributed by atoms with Crippen LogP contribution in [0.3, 0.4) is 0 Å². The van der Waals surface area contributed by atoms with Crippen molar-refractivity contribution in [1.29, 1.82) is 0 Å². The van der Waals surface area contributed by atoms with Crippen molar-refractivity contribution < 1.29 is 4.79 Å². The van der Waals surface area contributed by atoms with Gasteiger partial charge in [-0.1, -0.05) is 35.5 Å². The molecule has 1 heterocycles. The zero-order valence-corrected chi connectivity index (χ0v) is 18.3. The van der Waals surface area contributed by atoms with Crippen LogP contribution in [0.4, 0.5) is 11.4 Å². The number of hydrogen-bond acceptors (Lipinski definition) is 5. The predicted octanol–water partition coefficient (Wildman–Crippen LogP) is 4.71. The Labute approximate surface area is 180 Å². The minimum atomic E-state index is -0.0853. The molecule has 0 radical (unpaired) electrons. The van der Waals surface area contributed by atoms with Gasteiger partial charge < -0.3 is 14.8 Å². The largest absolute Gasteiger partial charge is 0.372 e. The number of nitrogens with zero attached hydrogens (tertiary/aromatic N) is 4. The number of thioether (sulfide) groups is 1. The fourth-order valence-electron chi connectivity index (χ4n) is 2.99. The van der Waals surface area contributed by atoms with Crippen molar-refractivity contribution >= 4 is 40.6 Å². The number of anilines is 2. The van der Waals surface area contributed by atoms with Gasteiger partial charge in [0.05, 0.1) is 5.75 Å². The van der Waals surface area contributed by atoms with Crippen LogP contribution in [0.15, 0.2) is 53.7 Å². The van der Waals surface area contributed by atoms with Gasteiger partial charge in [0, 0.05) is 42.1 Å². The lowest BCUT2D eigenvalue weighted by Gasteiger charge is -2.21. The van der Waals surface area contributed by atoms with E-state index in [1.807, 2.05) is 60.1 Å². The second kappa shape index (κ2) is 9.80. The second-order valence-electron chi connectivity index (χ2n) is 6.43. The third-order valence-corrected chi connectivity index (χ3v) is 5.79. The van der Waals surface area contributed by atoms with Gasteiger partial charge in [0.1, 0.15) is 0 Å². The molecule has 6 nitrogen and oxygen atoms in total. The van der Waals surface area contributed by atoms with Crippen LogP contribution in [0.5, 0.6) is 0 Å². The van der Waals surface area contributed by atoms with E-state index in [0.29, 0.717) is 16.0 Å². The molecule has 0 aliphatic rings.